The molecule has 6 N–H and O–H groups in total. The van der Waals surface area contributed by atoms with Gasteiger partial charge in [-0.15, -0.1) is 0 Å². The van der Waals surface area contributed by atoms with Gasteiger partial charge in [-0.25, -0.2) is 43.2 Å². The van der Waals surface area contributed by atoms with Crippen LogP contribution >= 0.6 is 15.4 Å². The van der Waals surface area contributed by atoms with Gasteiger partial charge in [-0.3, -0.25) is 22.7 Å². The quantitative estimate of drug-likeness (QED) is 0.209. The molecule has 0 radical (unpaired) electrons. The molecule has 0 aliphatic carbocycles. The highest BCUT2D eigenvalue weighted by Gasteiger charge is 2.53. The van der Waals surface area contributed by atoms with E-state index in [-0.39, 0.29) is 34.0 Å². The number of nitrogen functional groups attached to an aromatic ring is 2. The van der Waals surface area contributed by atoms with Crippen molar-refractivity contribution >= 4 is 49.4 Å². The number of nitrogens with zero attached hydrogens (tertiary/aromatic N) is 8. The van der Waals surface area contributed by atoms with Crippen LogP contribution < -0.4 is 11.5 Å². The Hall–Kier alpha value is -3.30. The smallest absolute Gasteiger partial charge is 0.382 e. The molecule has 2 unspecified atom stereocenters. The number of aromatic nitrogens is 8. The van der Waals surface area contributed by atoms with Crippen molar-refractivity contribution in [1.29, 1.82) is 0 Å². The summed E-state index contributed by atoms with van der Waals surface area (Å²) in [7, 11) is -9.87. The zero-order chi connectivity index (χ0) is 31.7. The molecule has 242 valence electrons. The van der Waals surface area contributed by atoms with Crippen molar-refractivity contribution in [3.8, 4) is 0 Å². The van der Waals surface area contributed by atoms with Crippen molar-refractivity contribution in [1.82, 2.24) is 39.0 Å². The normalized spacial score (nSPS) is 38.0. The van der Waals surface area contributed by atoms with Crippen LogP contribution in [-0.2, 0) is 36.9 Å². The maximum atomic E-state index is 15.8. The van der Waals surface area contributed by atoms with E-state index in [1.807, 2.05) is 0 Å². The third-order valence-corrected chi connectivity index (χ3v) is 9.39. The van der Waals surface area contributed by atoms with Gasteiger partial charge in [0, 0.05) is 0 Å². The SMILES string of the molecule is Nc1ncnc2c1ncn2[C@@H]1O[C@@H]2COP(=O)(O)O[C@@H]3[C@H](F)[C@@H](COP(=O)(O)CO[C@@H]1[C@@H]2F)O[C@H]3n1cnc2c(N)ncnc21. The van der Waals surface area contributed by atoms with E-state index < -0.39 is 84.2 Å². The van der Waals surface area contributed by atoms with E-state index in [0.717, 1.165) is 19.0 Å². The third-order valence-electron chi connectivity index (χ3n) is 7.38. The Labute approximate surface area is 249 Å². The van der Waals surface area contributed by atoms with Gasteiger partial charge in [0.05, 0.1) is 25.9 Å². The second kappa shape index (κ2) is 11.2. The minimum Gasteiger partial charge on any atom is -0.382 e. The maximum Gasteiger partial charge on any atom is 0.472 e. The highest BCUT2D eigenvalue weighted by atomic mass is 31.2. The van der Waals surface area contributed by atoms with E-state index in [2.05, 4.69) is 29.9 Å². The number of hydrogen-bond donors (Lipinski definition) is 4. The van der Waals surface area contributed by atoms with Gasteiger partial charge in [0.25, 0.3) is 0 Å². The zero-order valence-electron chi connectivity index (χ0n) is 22.6. The second-order valence-corrected chi connectivity index (χ2v) is 13.4. The summed E-state index contributed by atoms with van der Waals surface area (Å²) < 4.78 is 92.4. The van der Waals surface area contributed by atoms with Crippen molar-refractivity contribution in [2.75, 3.05) is 31.0 Å². The van der Waals surface area contributed by atoms with E-state index in [1.165, 1.54) is 15.5 Å². The van der Waals surface area contributed by atoms with E-state index >= 15 is 8.78 Å². The number of halogens is 2. The summed E-state index contributed by atoms with van der Waals surface area (Å²) in [5.41, 5.74) is 12.1. The number of phosphoric ester groups is 1. The first kappa shape index (κ1) is 30.4. The molecule has 45 heavy (non-hydrogen) atoms. The molecule has 7 rings (SSSR count). The molecule has 4 aromatic heterocycles. The molecule has 4 aromatic rings. The first-order valence-corrected chi connectivity index (χ1v) is 16.4. The van der Waals surface area contributed by atoms with Crippen LogP contribution in [0.1, 0.15) is 12.5 Å². The molecule has 4 bridgehead atoms. The van der Waals surface area contributed by atoms with Crippen LogP contribution in [0.5, 0.6) is 0 Å². The fourth-order valence-electron chi connectivity index (χ4n) is 5.27. The first-order valence-electron chi connectivity index (χ1n) is 13.1. The number of phosphoric acid groups is 1. The third kappa shape index (κ3) is 5.46. The van der Waals surface area contributed by atoms with Crippen LogP contribution in [0.4, 0.5) is 20.4 Å². The monoisotopic (exact) mass is 676 g/mol. The Bertz CT molecular complexity index is 1850. The van der Waals surface area contributed by atoms with E-state index in [9.17, 15) is 18.9 Å². The van der Waals surface area contributed by atoms with Gasteiger partial charge >= 0.3 is 15.4 Å². The Morgan fingerprint density at radius 2 is 1.29 bits per heavy atom. The van der Waals surface area contributed by atoms with E-state index in [0.29, 0.717) is 0 Å². The van der Waals surface area contributed by atoms with Crippen molar-refractivity contribution in [2.45, 2.75) is 49.2 Å². The first-order chi connectivity index (χ1) is 21.4. The second-order valence-electron chi connectivity index (χ2n) is 10.2. The highest BCUT2D eigenvalue weighted by molar-refractivity contribution is 7.52. The zero-order valence-corrected chi connectivity index (χ0v) is 24.4. The lowest BCUT2D eigenvalue weighted by Gasteiger charge is -2.24. The molecule has 3 aliphatic heterocycles. The number of hydrogen-bond acceptors (Lipinski definition) is 16. The molecule has 7 heterocycles. The molecule has 0 saturated carbocycles. The van der Waals surface area contributed by atoms with Gasteiger partial charge in [-0.1, -0.05) is 0 Å². The van der Waals surface area contributed by atoms with Crippen molar-refractivity contribution in [3.63, 3.8) is 0 Å². The summed E-state index contributed by atoms with van der Waals surface area (Å²) in [5.74, 6) is 0.0131. The van der Waals surface area contributed by atoms with Gasteiger partial charge < -0.3 is 40.0 Å². The molecule has 0 amide bonds. The van der Waals surface area contributed by atoms with Gasteiger partial charge in [-0.05, 0) is 0 Å². The number of ether oxygens (including phenoxy) is 3. The molecule has 10 atom stereocenters. The summed E-state index contributed by atoms with van der Waals surface area (Å²) in [6.45, 7) is -1.73. The molecule has 20 nitrogen and oxygen atoms in total. The number of anilines is 2. The lowest BCUT2D eigenvalue weighted by molar-refractivity contribution is -0.0654. The van der Waals surface area contributed by atoms with E-state index in [1.54, 1.807) is 0 Å². The molecule has 3 aliphatic rings. The van der Waals surface area contributed by atoms with Gasteiger partial charge in [-0.2, -0.15) is 0 Å². The van der Waals surface area contributed by atoms with Gasteiger partial charge in [0.1, 0.15) is 54.5 Å². The predicted octanol–water partition coefficient (Wildman–Crippen LogP) is 0.362. The van der Waals surface area contributed by atoms with Crippen molar-refractivity contribution in [3.05, 3.63) is 25.3 Å². The fourth-order valence-corrected chi connectivity index (χ4v) is 7.01. The average molecular weight is 676 g/mol. The Balaban J connectivity index is 1.21. The minimum atomic E-state index is -5.18. The number of fused-ring (bicyclic) bond motifs is 6. The van der Waals surface area contributed by atoms with E-state index in [4.69, 9.17) is 39.2 Å². The molecule has 3 fully saturated rings. The van der Waals surface area contributed by atoms with Gasteiger partial charge in [0.2, 0.25) is 0 Å². The van der Waals surface area contributed by atoms with Crippen molar-refractivity contribution < 1.29 is 55.5 Å². The summed E-state index contributed by atoms with van der Waals surface area (Å²) in [6, 6.07) is 0. The van der Waals surface area contributed by atoms with Crippen LogP contribution in [0.25, 0.3) is 22.3 Å². The Morgan fingerprint density at radius 3 is 1.87 bits per heavy atom. The van der Waals surface area contributed by atoms with Crippen LogP contribution in [0.15, 0.2) is 25.3 Å². The minimum absolute atomic E-state index is 0.00806. The van der Waals surface area contributed by atoms with Crippen LogP contribution in [0.2, 0.25) is 0 Å². The van der Waals surface area contributed by atoms with Crippen LogP contribution in [-0.4, -0.2) is 105 Å². The summed E-state index contributed by atoms with van der Waals surface area (Å²) in [4.78, 5) is 45.1. The fraction of sp³-hybridized carbons (Fsp3) is 0.524. The topological polar surface area (TPSA) is 269 Å². The predicted molar refractivity (Wildman–Crippen MR) is 143 cm³/mol. The molecule has 24 heteroatoms. The molecule has 3 saturated heterocycles. The molecular weight excluding hydrogens is 652 g/mol. The highest BCUT2D eigenvalue weighted by Crippen LogP contribution is 2.52. The Kier molecular flexibility index (Phi) is 7.55. The molecular formula is C21H24F2N10O10P2. The number of rotatable bonds is 2. The number of imidazole rings is 2. The lowest BCUT2D eigenvalue weighted by Crippen LogP contribution is -2.33. The number of alkyl halides is 2. The van der Waals surface area contributed by atoms with Gasteiger partial charge in [0.15, 0.2) is 47.7 Å². The van der Waals surface area contributed by atoms with Crippen LogP contribution in [0, 0.1) is 0 Å². The van der Waals surface area contributed by atoms with Crippen LogP contribution in [0.3, 0.4) is 0 Å². The maximum absolute atomic E-state index is 15.8. The molecule has 0 spiro atoms. The summed E-state index contributed by atoms with van der Waals surface area (Å²) >= 11 is 0. The largest absolute Gasteiger partial charge is 0.472 e. The summed E-state index contributed by atoms with van der Waals surface area (Å²) in [6.07, 6.45) is -10.3. The number of nitrogens with two attached hydrogens (primary N) is 2. The van der Waals surface area contributed by atoms with Crippen molar-refractivity contribution in [2.24, 2.45) is 0 Å². The average Bonchev–Trinajstić information content (AvgIpc) is 3.75. The standard InChI is InChI=1S/C21H24F2N10O10P2/c22-10-9-2-40-45(36,37)43-15-11(23)8(42-21(15)33-6-31-13-17(25)27-4-29-19(13)33)1-39-44(34,35)7-38-14(10)20(41-9)32-5-30-12-16(24)26-3-28-18(12)32/h3-6,8-11,14-15,20-21H,1-2,7H2,(H,34,35)(H,36,37)(H2,24,26,28)(H2,25,27,29)/t8-,9-,10-,11-,14-,15-,20-,21-/m1/s1. The molecule has 0 aromatic carbocycles. The summed E-state index contributed by atoms with van der Waals surface area (Å²) in [5, 5.41) is 0. The Morgan fingerprint density at radius 1 is 0.778 bits per heavy atom. The lowest BCUT2D eigenvalue weighted by atomic mass is 10.1.